The van der Waals surface area contributed by atoms with Gasteiger partial charge >= 0.3 is 0 Å². The van der Waals surface area contributed by atoms with Gasteiger partial charge in [0, 0.05) is 28.8 Å². The summed E-state index contributed by atoms with van der Waals surface area (Å²) < 4.78 is 26.9. The van der Waals surface area contributed by atoms with E-state index in [1.165, 1.54) is 17.4 Å². The summed E-state index contributed by atoms with van der Waals surface area (Å²) in [6, 6.07) is 11.7. The first-order chi connectivity index (χ1) is 9.80. The molecule has 0 aromatic heterocycles. The zero-order valence-electron chi connectivity index (χ0n) is 11.3. The Bertz CT molecular complexity index is 748. The molecule has 2 N–H and O–H groups in total. The number of benzene rings is 2. The number of anilines is 1. The Morgan fingerprint density at radius 2 is 1.81 bits per heavy atom. The third kappa shape index (κ3) is 3.77. The van der Waals surface area contributed by atoms with Crippen molar-refractivity contribution >= 4 is 43.2 Å². The van der Waals surface area contributed by atoms with Crippen LogP contribution < -0.4 is 5.73 Å². The Morgan fingerprint density at radius 3 is 2.38 bits per heavy atom. The van der Waals surface area contributed by atoms with Crippen LogP contribution in [0.15, 0.2) is 51.8 Å². The van der Waals surface area contributed by atoms with E-state index in [9.17, 15) is 8.42 Å². The van der Waals surface area contributed by atoms with E-state index in [2.05, 4.69) is 15.9 Å². The number of hydrogen-bond acceptors (Lipinski definition) is 3. The third-order valence-corrected chi connectivity index (χ3v) is 5.99. The molecule has 2 aromatic carbocycles. The van der Waals surface area contributed by atoms with Crippen LogP contribution in [0.25, 0.3) is 0 Å². The van der Waals surface area contributed by atoms with Gasteiger partial charge in [-0.1, -0.05) is 23.7 Å². The SMILES string of the molecule is CN(Cc1ccc(Cl)cc1)S(=O)(=O)c1ccc(N)cc1Br. The molecule has 21 heavy (non-hydrogen) atoms. The molecule has 112 valence electrons. The van der Waals surface area contributed by atoms with Crippen LogP contribution in [0.2, 0.25) is 5.02 Å². The molecule has 0 amide bonds. The van der Waals surface area contributed by atoms with E-state index in [4.69, 9.17) is 17.3 Å². The van der Waals surface area contributed by atoms with Crippen molar-refractivity contribution in [2.24, 2.45) is 0 Å². The predicted octanol–water partition coefficient (Wildman–Crippen LogP) is 3.51. The summed E-state index contributed by atoms with van der Waals surface area (Å²) in [5.74, 6) is 0. The van der Waals surface area contributed by atoms with E-state index in [0.717, 1.165) is 5.56 Å². The summed E-state index contributed by atoms with van der Waals surface area (Å²) in [6.07, 6.45) is 0. The van der Waals surface area contributed by atoms with Gasteiger partial charge in [-0.2, -0.15) is 4.31 Å². The summed E-state index contributed by atoms with van der Waals surface area (Å²) >= 11 is 9.06. The van der Waals surface area contributed by atoms with Crippen molar-refractivity contribution in [1.29, 1.82) is 0 Å². The van der Waals surface area contributed by atoms with Gasteiger partial charge in [-0.3, -0.25) is 0 Å². The van der Waals surface area contributed by atoms with Crippen molar-refractivity contribution in [3.05, 3.63) is 57.5 Å². The van der Waals surface area contributed by atoms with Crippen LogP contribution in [-0.4, -0.2) is 19.8 Å². The second kappa shape index (κ2) is 6.36. The Morgan fingerprint density at radius 1 is 1.19 bits per heavy atom. The Balaban J connectivity index is 2.28. The van der Waals surface area contributed by atoms with E-state index in [1.54, 1.807) is 36.4 Å². The number of nitrogens with two attached hydrogens (primary N) is 1. The standard InChI is InChI=1S/C14H14BrClN2O2S/c1-18(9-10-2-4-11(16)5-3-10)21(19,20)14-7-6-12(17)8-13(14)15/h2-8H,9,17H2,1H3. The Kier molecular flexibility index (Phi) is 4.93. The molecule has 0 atom stereocenters. The fourth-order valence-electron chi connectivity index (χ4n) is 1.83. The summed E-state index contributed by atoms with van der Waals surface area (Å²) in [4.78, 5) is 0.188. The Labute approximate surface area is 137 Å². The Hall–Kier alpha value is -1.08. The van der Waals surface area contributed by atoms with Crippen LogP contribution in [0.1, 0.15) is 5.56 Å². The summed E-state index contributed by atoms with van der Waals surface area (Å²) in [5.41, 5.74) is 6.99. The first kappa shape index (κ1) is 16.3. The van der Waals surface area contributed by atoms with Gasteiger partial charge < -0.3 is 5.73 Å². The van der Waals surface area contributed by atoms with E-state index >= 15 is 0 Å². The lowest BCUT2D eigenvalue weighted by molar-refractivity contribution is 0.466. The fraction of sp³-hybridized carbons (Fsp3) is 0.143. The molecule has 0 unspecified atom stereocenters. The molecule has 0 aliphatic carbocycles. The zero-order valence-corrected chi connectivity index (χ0v) is 14.4. The number of hydrogen-bond donors (Lipinski definition) is 1. The summed E-state index contributed by atoms with van der Waals surface area (Å²) in [6.45, 7) is 0.260. The number of halogens is 2. The van der Waals surface area contributed by atoms with Gasteiger partial charge in [0.2, 0.25) is 10.0 Å². The maximum atomic E-state index is 12.6. The van der Waals surface area contributed by atoms with Crippen LogP contribution in [-0.2, 0) is 16.6 Å². The van der Waals surface area contributed by atoms with Crippen molar-refractivity contribution in [2.75, 3.05) is 12.8 Å². The zero-order chi connectivity index (χ0) is 15.6. The van der Waals surface area contributed by atoms with Crippen molar-refractivity contribution in [1.82, 2.24) is 4.31 Å². The van der Waals surface area contributed by atoms with Crippen molar-refractivity contribution < 1.29 is 8.42 Å². The van der Waals surface area contributed by atoms with Gasteiger partial charge in [0.1, 0.15) is 0 Å². The van der Waals surface area contributed by atoms with Gasteiger partial charge in [-0.05, 0) is 51.8 Å². The highest BCUT2D eigenvalue weighted by Crippen LogP contribution is 2.27. The molecule has 0 radical (unpaired) electrons. The molecule has 2 aromatic rings. The molecule has 0 aliphatic heterocycles. The second-order valence-electron chi connectivity index (χ2n) is 4.58. The molecule has 0 fully saturated rings. The first-order valence-electron chi connectivity index (χ1n) is 6.06. The predicted molar refractivity (Wildman–Crippen MR) is 88.7 cm³/mol. The average molecular weight is 390 g/mol. The van der Waals surface area contributed by atoms with Crippen molar-refractivity contribution in [3.8, 4) is 0 Å². The summed E-state index contributed by atoms with van der Waals surface area (Å²) in [7, 11) is -2.06. The lowest BCUT2D eigenvalue weighted by Crippen LogP contribution is -2.26. The molecular formula is C14H14BrClN2O2S. The molecule has 7 heteroatoms. The fourth-order valence-corrected chi connectivity index (χ4v) is 4.16. The number of sulfonamides is 1. The molecule has 4 nitrogen and oxygen atoms in total. The smallest absolute Gasteiger partial charge is 0.244 e. The van der Waals surface area contributed by atoms with Crippen LogP contribution in [0.4, 0.5) is 5.69 Å². The maximum absolute atomic E-state index is 12.6. The second-order valence-corrected chi connectivity index (χ2v) is 7.88. The van der Waals surface area contributed by atoms with Crippen LogP contribution in [0, 0.1) is 0 Å². The van der Waals surface area contributed by atoms with Crippen LogP contribution >= 0.6 is 27.5 Å². The molecule has 0 saturated carbocycles. The molecule has 0 aliphatic rings. The number of nitrogens with zero attached hydrogens (tertiary/aromatic N) is 1. The van der Waals surface area contributed by atoms with Crippen LogP contribution in [0.5, 0.6) is 0 Å². The normalized spacial score (nSPS) is 11.8. The molecule has 0 spiro atoms. The topological polar surface area (TPSA) is 63.4 Å². The quantitative estimate of drug-likeness (QED) is 0.814. The lowest BCUT2D eigenvalue weighted by Gasteiger charge is -2.18. The van der Waals surface area contributed by atoms with Crippen molar-refractivity contribution in [3.63, 3.8) is 0 Å². The molecule has 2 rings (SSSR count). The minimum atomic E-state index is -3.60. The molecule has 0 heterocycles. The van der Waals surface area contributed by atoms with Gasteiger partial charge in [-0.15, -0.1) is 0 Å². The lowest BCUT2D eigenvalue weighted by atomic mass is 10.2. The molecule has 0 saturated heterocycles. The van der Waals surface area contributed by atoms with Gasteiger partial charge in [0.15, 0.2) is 0 Å². The first-order valence-corrected chi connectivity index (χ1v) is 8.67. The largest absolute Gasteiger partial charge is 0.399 e. The minimum Gasteiger partial charge on any atom is -0.399 e. The van der Waals surface area contributed by atoms with E-state index in [0.29, 0.717) is 15.2 Å². The third-order valence-electron chi connectivity index (χ3n) is 2.96. The monoisotopic (exact) mass is 388 g/mol. The van der Waals surface area contributed by atoms with Gasteiger partial charge in [-0.25, -0.2) is 8.42 Å². The molecule has 0 bridgehead atoms. The highest BCUT2D eigenvalue weighted by atomic mass is 79.9. The van der Waals surface area contributed by atoms with E-state index < -0.39 is 10.0 Å². The highest BCUT2D eigenvalue weighted by Gasteiger charge is 2.23. The average Bonchev–Trinajstić information content (AvgIpc) is 2.40. The number of nitrogen functional groups attached to an aromatic ring is 1. The maximum Gasteiger partial charge on any atom is 0.244 e. The van der Waals surface area contributed by atoms with E-state index in [1.807, 2.05) is 0 Å². The van der Waals surface area contributed by atoms with Gasteiger partial charge in [0.05, 0.1) is 4.90 Å². The highest BCUT2D eigenvalue weighted by molar-refractivity contribution is 9.10. The van der Waals surface area contributed by atoms with Crippen LogP contribution in [0.3, 0.4) is 0 Å². The van der Waals surface area contributed by atoms with Gasteiger partial charge in [0.25, 0.3) is 0 Å². The minimum absolute atomic E-state index is 0.188. The molecular weight excluding hydrogens is 376 g/mol. The number of rotatable bonds is 4. The van der Waals surface area contributed by atoms with E-state index in [-0.39, 0.29) is 11.4 Å². The van der Waals surface area contributed by atoms with Crippen molar-refractivity contribution in [2.45, 2.75) is 11.4 Å². The summed E-state index contributed by atoms with van der Waals surface area (Å²) in [5, 5.41) is 0.616.